The quantitative estimate of drug-likeness (QED) is 0.794. The van der Waals surface area contributed by atoms with Gasteiger partial charge in [0, 0.05) is 48.4 Å². The zero-order valence-electron chi connectivity index (χ0n) is 16.9. The molecule has 4 nitrogen and oxygen atoms in total. The Morgan fingerprint density at radius 1 is 1.17 bits per heavy atom. The molecular weight excluding hydrogens is 389 g/mol. The van der Waals surface area contributed by atoms with Crippen molar-refractivity contribution in [2.75, 3.05) is 38.1 Å². The van der Waals surface area contributed by atoms with Crippen molar-refractivity contribution >= 4 is 23.2 Å². The minimum atomic E-state index is -0.278. The minimum absolute atomic E-state index is 0.0102. The number of hydrogen-bond donors (Lipinski definition) is 1. The van der Waals surface area contributed by atoms with Crippen LogP contribution in [0.4, 0.5) is 10.1 Å². The normalized spacial score (nSPS) is 23.0. The zero-order valence-corrected chi connectivity index (χ0v) is 17.6. The highest BCUT2D eigenvalue weighted by atomic mass is 35.5. The van der Waals surface area contributed by atoms with Crippen molar-refractivity contribution in [3.63, 3.8) is 0 Å². The zero-order chi connectivity index (χ0) is 20.5. The van der Waals surface area contributed by atoms with Crippen LogP contribution in [0.15, 0.2) is 42.5 Å². The van der Waals surface area contributed by atoms with Crippen molar-refractivity contribution in [3.8, 4) is 0 Å². The Balaban J connectivity index is 1.46. The molecular formula is C23H27ClFN3O. The first-order valence-corrected chi connectivity index (χ1v) is 10.6. The second-order valence-corrected chi connectivity index (χ2v) is 8.60. The van der Waals surface area contributed by atoms with E-state index in [0.29, 0.717) is 5.02 Å². The average molecular weight is 416 g/mol. The summed E-state index contributed by atoms with van der Waals surface area (Å²) < 4.78 is 14.0. The first kappa shape index (κ1) is 20.2. The molecule has 1 N–H and O–H groups in total. The van der Waals surface area contributed by atoms with Gasteiger partial charge in [-0.25, -0.2) is 4.39 Å². The molecule has 1 heterocycles. The molecule has 4 rings (SSSR count). The summed E-state index contributed by atoms with van der Waals surface area (Å²) in [4.78, 5) is 17.4. The van der Waals surface area contributed by atoms with Crippen molar-refractivity contribution in [1.29, 1.82) is 0 Å². The third-order valence-corrected chi connectivity index (χ3v) is 6.43. The molecule has 2 aromatic rings. The molecule has 2 fully saturated rings. The van der Waals surface area contributed by atoms with Crippen LogP contribution >= 0.6 is 11.6 Å². The highest BCUT2D eigenvalue weighted by molar-refractivity contribution is 6.31. The maximum absolute atomic E-state index is 14.0. The smallest absolute Gasteiger partial charge is 0.224 e. The number of halogens is 2. The first-order valence-electron chi connectivity index (χ1n) is 10.2. The molecule has 1 aliphatic carbocycles. The molecule has 2 aliphatic rings. The van der Waals surface area contributed by atoms with Crippen LogP contribution in [0.1, 0.15) is 36.4 Å². The molecule has 1 amide bonds. The average Bonchev–Trinajstić information content (AvgIpc) is 3.50. The number of hydrogen-bond acceptors (Lipinski definition) is 3. The molecule has 0 spiro atoms. The lowest BCUT2D eigenvalue weighted by Gasteiger charge is -2.36. The molecule has 1 aliphatic heterocycles. The fourth-order valence-corrected chi connectivity index (χ4v) is 4.49. The van der Waals surface area contributed by atoms with Crippen LogP contribution in [0.2, 0.25) is 5.02 Å². The maximum Gasteiger partial charge on any atom is 0.224 e. The van der Waals surface area contributed by atoms with Crippen LogP contribution in [0.3, 0.4) is 0 Å². The maximum atomic E-state index is 14.0. The van der Waals surface area contributed by atoms with E-state index in [4.69, 9.17) is 11.6 Å². The number of benzene rings is 2. The second-order valence-electron chi connectivity index (χ2n) is 8.19. The van der Waals surface area contributed by atoms with E-state index in [2.05, 4.69) is 22.2 Å². The summed E-state index contributed by atoms with van der Waals surface area (Å²) in [7, 11) is 2.11. The monoisotopic (exact) mass is 415 g/mol. The Morgan fingerprint density at radius 3 is 2.62 bits per heavy atom. The Morgan fingerprint density at radius 2 is 1.90 bits per heavy atom. The molecule has 1 saturated heterocycles. The topological polar surface area (TPSA) is 35.6 Å². The Labute approximate surface area is 176 Å². The van der Waals surface area contributed by atoms with E-state index < -0.39 is 0 Å². The van der Waals surface area contributed by atoms with Crippen molar-refractivity contribution in [1.82, 2.24) is 10.2 Å². The van der Waals surface area contributed by atoms with E-state index in [1.165, 1.54) is 6.07 Å². The standard InChI is InChI=1S/C23H27ClFN3O/c1-15(26-23(29)20-14-19(20)17-5-3-4-6-21(17)24)18-13-16(25)7-8-22(18)28-11-9-27(2)10-12-28/h3-8,13,15,19-20H,9-12,14H2,1-2H3,(H,26,29). The van der Waals surface area contributed by atoms with Crippen LogP contribution in [0.25, 0.3) is 0 Å². The largest absolute Gasteiger partial charge is 0.369 e. The minimum Gasteiger partial charge on any atom is -0.369 e. The van der Waals surface area contributed by atoms with Gasteiger partial charge in [0.25, 0.3) is 0 Å². The van der Waals surface area contributed by atoms with Gasteiger partial charge in [0.05, 0.1) is 6.04 Å². The summed E-state index contributed by atoms with van der Waals surface area (Å²) >= 11 is 6.28. The van der Waals surface area contributed by atoms with E-state index in [1.807, 2.05) is 37.3 Å². The molecule has 29 heavy (non-hydrogen) atoms. The highest BCUT2D eigenvalue weighted by Crippen LogP contribution is 2.49. The second kappa shape index (κ2) is 8.33. The van der Waals surface area contributed by atoms with Crippen LogP contribution in [-0.2, 0) is 4.79 Å². The number of nitrogens with one attached hydrogen (secondary N) is 1. The lowest BCUT2D eigenvalue weighted by molar-refractivity contribution is -0.123. The van der Waals surface area contributed by atoms with E-state index in [9.17, 15) is 9.18 Å². The van der Waals surface area contributed by atoms with Gasteiger partial charge < -0.3 is 15.1 Å². The Hall–Kier alpha value is -2.11. The van der Waals surface area contributed by atoms with Crippen molar-refractivity contribution in [3.05, 3.63) is 64.4 Å². The molecule has 3 atom stereocenters. The van der Waals surface area contributed by atoms with Crippen LogP contribution in [0.5, 0.6) is 0 Å². The first-order chi connectivity index (χ1) is 13.9. The Bertz CT molecular complexity index is 897. The van der Waals surface area contributed by atoms with Crippen molar-refractivity contribution in [2.45, 2.75) is 25.3 Å². The van der Waals surface area contributed by atoms with Crippen LogP contribution in [0, 0.1) is 11.7 Å². The summed E-state index contributed by atoms with van der Waals surface area (Å²) in [6, 6.07) is 12.3. The summed E-state index contributed by atoms with van der Waals surface area (Å²) in [5, 5.41) is 3.82. The lowest BCUT2D eigenvalue weighted by atomic mass is 10.0. The van der Waals surface area contributed by atoms with Gasteiger partial charge in [-0.2, -0.15) is 0 Å². The van der Waals surface area contributed by atoms with E-state index in [0.717, 1.165) is 49.4 Å². The van der Waals surface area contributed by atoms with Crippen LogP contribution < -0.4 is 10.2 Å². The van der Waals surface area contributed by atoms with Gasteiger partial charge >= 0.3 is 0 Å². The van der Waals surface area contributed by atoms with E-state index in [1.54, 1.807) is 6.07 Å². The van der Waals surface area contributed by atoms with Gasteiger partial charge in [-0.1, -0.05) is 29.8 Å². The number of piperazine rings is 1. The number of carbonyl (C=O) groups is 1. The lowest BCUT2D eigenvalue weighted by Crippen LogP contribution is -2.45. The van der Waals surface area contributed by atoms with Gasteiger partial charge in [-0.3, -0.25) is 4.79 Å². The molecule has 1 saturated carbocycles. The van der Waals surface area contributed by atoms with E-state index >= 15 is 0 Å². The predicted molar refractivity (Wildman–Crippen MR) is 115 cm³/mol. The fourth-order valence-electron chi connectivity index (χ4n) is 4.21. The van der Waals surface area contributed by atoms with Gasteiger partial charge in [-0.15, -0.1) is 0 Å². The fraction of sp³-hybridized carbons (Fsp3) is 0.435. The van der Waals surface area contributed by atoms with E-state index in [-0.39, 0.29) is 29.6 Å². The molecule has 154 valence electrons. The summed E-state index contributed by atoms with van der Waals surface area (Å²) in [6.07, 6.45) is 0.802. The predicted octanol–water partition coefficient (Wildman–Crippen LogP) is 4.21. The van der Waals surface area contributed by atoms with Gasteiger partial charge in [0.15, 0.2) is 0 Å². The number of anilines is 1. The summed E-state index contributed by atoms with van der Waals surface area (Å²) in [6.45, 7) is 5.66. The van der Waals surface area contributed by atoms with Gasteiger partial charge in [0.2, 0.25) is 5.91 Å². The number of likely N-dealkylation sites (N-methyl/N-ethyl adjacent to an activating group) is 1. The summed E-state index contributed by atoms with van der Waals surface area (Å²) in [5.41, 5.74) is 2.87. The van der Waals surface area contributed by atoms with Crippen molar-refractivity contribution < 1.29 is 9.18 Å². The molecule has 3 unspecified atom stereocenters. The molecule has 0 radical (unpaired) electrons. The molecule has 2 aromatic carbocycles. The van der Waals surface area contributed by atoms with Gasteiger partial charge in [-0.05, 0) is 56.1 Å². The third kappa shape index (κ3) is 4.41. The molecule has 0 bridgehead atoms. The van der Waals surface area contributed by atoms with Crippen LogP contribution in [-0.4, -0.2) is 44.0 Å². The van der Waals surface area contributed by atoms with Crippen molar-refractivity contribution in [2.24, 2.45) is 5.92 Å². The number of nitrogens with zero attached hydrogens (tertiary/aromatic N) is 2. The highest BCUT2D eigenvalue weighted by Gasteiger charge is 2.45. The SMILES string of the molecule is CC(NC(=O)C1CC1c1ccccc1Cl)c1cc(F)ccc1N1CCN(C)CC1. The third-order valence-electron chi connectivity index (χ3n) is 6.09. The van der Waals surface area contributed by atoms with Gasteiger partial charge in [0.1, 0.15) is 5.82 Å². The Kier molecular flexibility index (Phi) is 5.79. The number of amides is 1. The molecule has 6 heteroatoms. The summed E-state index contributed by atoms with van der Waals surface area (Å²) in [5.74, 6) is -0.172. The number of carbonyl (C=O) groups excluding carboxylic acids is 1. The molecule has 0 aromatic heterocycles. The number of rotatable bonds is 5.